The summed E-state index contributed by atoms with van der Waals surface area (Å²) in [6.07, 6.45) is 2.22. The van der Waals surface area contributed by atoms with Crippen molar-refractivity contribution in [2.45, 2.75) is 26.3 Å². The fourth-order valence-corrected chi connectivity index (χ4v) is 2.85. The van der Waals surface area contributed by atoms with Gasteiger partial charge in [-0.3, -0.25) is 14.2 Å². The van der Waals surface area contributed by atoms with Crippen LogP contribution in [0.1, 0.15) is 17.5 Å². The molecule has 6 heteroatoms. The van der Waals surface area contributed by atoms with Gasteiger partial charge in [0.1, 0.15) is 5.82 Å². The summed E-state index contributed by atoms with van der Waals surface area (Å²) >= 11 is 0. The molecule has 0 spiro atoms. The Morgan fingerprint density at radius 1 is 1.23 bits per heavy atom. The molecule has 0 saturated carbocycles. The lowest BCUT2D eigenvalue weighted by Crippen LogP contribution is -2.29. The first-order chi connectivity index (χ1) is 12.5. The van der Waals surface area contributed by atoms with Crippen LogP contribution in [0.15, 0.2) is 53.6 Å². The maximum Gasteiger partial charge on any atom is 0.261 e. The Morgan fingerprint density at radius 3 is 2.85 bits per heavy atom. The summed E-state index contributed by atoms with van der Waals surface area (Å²) in [7, 11) is 0. The third-order valence-corrected chi connectivity index (χ3v) is 4.26. The molecule has 1 amide bonds. The Morgan fingerprint density at radius 2 is 2.04 bits per heavy atom. The van der Waals surface area contributed by atoms with Crippen LogP contribution in [0.5, 0.6) is 0 Å². The number of carbonyl (C=O) groups excluding carboxylic acids is 1. The molecule has 1 aromatic heterocycles. The van der Waals surface area contributed by atoms with E-state index >= 15 is 0 Å². The first kappa shape index (κ1) is 17.8. The molecule has 0 bridgehead atoms. The molecule has 0 aliphatic heterocycles. The van der Waals surface area contributed by atoms with Crippen LogP contribution in [-0.4, -0.2) is 22.0 Å². The van der Waals surface area contributed by atoms with Gasteiger partial charge in [0.25, 0.3) is 5.56 Å². The van der Waals surface area contributed by atoms with Crippen molar-refractivity contribution in [3.63, 3.8) is 0 Å². The molecule has 0 fully saturated rings. The van der Waals surface area contributed by atoms with Crippen molar-refractivity contribution in [1.82, 2.24) is 14.9 Å². The Kier molecular flexibility index (Phi) is 5.41. The van der Waals surface area contributed by atoms with Crippen molar-refractivity contribution < 1.29 is 9.18 Å². The van der Waals surface area contributed by atoms with E-state index in [0.717, 1.165) is 11.1 Å². The highest BCUT2D eigenvalue weighted by molar-refractivity contribution is 5.80. The fourth-order valence-electron chi connectivity index (χ4n) is 2.85. The van der Waals surface area contributed by atoms with E-state index in [-0.39, 0.29) is 30.2 Å². The molecule has 0 aliphatic carbocycles. The van der Waals surface area contributed by atoms with Crippen LogP contribution in [0, 0.1) is 12.7 Å². The Balaban J connectivity index is 1.55. The topological polar surface area (TPSA) is 64.0 Å². The van der Waals surface area contributed by atoms with Crippen molar-refractivity contribution in [1.29, 1.82) is 0 Å². The summed E-state index contributed by atoms with van der Waals surface area (Å²) in [6, 6.07) is 11.8. The third kappa shape index (κ3) is 4.14. The monoisotopic (exact) mass is 353 g/mol. The van der Waals surface area contributed by atoms with Crippen LogP contribution >= 0.6 is 0 Å². The van der Waals surface area contributed by atoms with E-state index in [1.807, 2.05) is 25.1 Å². The molecule has 0 atom stereocenters. The van der Waals surface area contributed by atoms with E-state index in [4.69, 9.17) is 0 Å². The van der Waals surface area contributed by atoms with Crippen molar-refractivity contribution in [3.8, 4) is 0 Å². The van der Waals surface area contributed by atoms with Gasteiger partial charge in [-0.05, 0) is 42.7 Å². The average molecular weight is 353 g/mol. The number of amides is 1. The van der Waals surface area contributed by atoms with E-state index in [1.165, 1.54) is 23.0 Å². The van der Waals surface area contributed by atoms with E-state index < -0.39 is 0 Å². The Hall–Kier alpha value is -3.02. The predicted octanol–water partition coefficient (Wildman–Crippen LogP) is 2.59. The van der Waals surface area contributed by atoms with Crippen molar-refractivity contribution in [2.24, 2.45) is 0 Å². The number of nitrogens with one attached hydrogen (secondary N) is 1. The maximum absolute atomic E-state index is 13.1. The highest BCUT2D eigenvalue weighted by Crippen LogP contribution is 2.11. The molecule has 3 aromatic rings. The van der Waals surface area contributed by atoms with Gasteiger partial charge in [-0.2, -0.15) is 0 Å². The van der Waals surface area contributed by atoms with Gasteiger partial charge in [-0.25, -0.2) is 9.37 Å². The highest BCUT2D eigenvalue weighted by Gasteiger charge is 2.08. The van der Waals surface area contributed by atoms with Gasteiger partial charge in [0.05, 0.1) is 17.2 Å². The lowest BCUT2D eigenvalue weighted by molar-refractivity contribution is -0.121. The minimum atomic E-state index is -0.285. The lowest BCUT2D eigenvalue weighted by atomic mass is 10.1. The molecular formula is C20H20FN3O2. The van der Waals surface area contributed by atoms with Gasteiger partial charge in [-0.15, -0.1) is 0 Å². The van der Waals surface area contributed by atoms with Crippen molar-refractivity contribution >= 4 is 16.8 Å². The fraction of sp³-hybridized carbons (Fsp3) is 0.250. The minimum absolute atomic E-state index is 0.147. The third-order valence-electron chi connectivity index (χ3n) is 4.26. The zero-order valence-corrected chi connectivity index (χ0v) is 14.5. The van der Waals surface area contributed by atoms with Crippen molar-refractivity contribution in [3.05, 3.63) is 76.1 Å². The maximum atomic E-state index is 13.1. The summed E-state index contributed by atoms with van der Waals surface area (Å²) in [6.45, 7) is 2.60. The summed E-state index contributed by atoms with van der Waals surface area (Å²) in [4.78, 5) is 28.8. The standard InChI is InChI=1S/C20H20FN3O2/c1-14-4-2-7-17-19(14)23-13-24(20(17)26)11-9-18(25)22-10-8-15-5-3-6-16(21)12-15/h2-7,12-13H,8-11H2,1H3,(H,22,25). The molecular weight excluding hydrogens is 333 g/mol. The second kappa shape index (κ2) is 7.91. The number of fused-ring (bicyclic) bond motifs is 1. The molecule has 3 rings (SSSR count). The Bertz CT molecular complexity index is 998. The van der Waals surface area contributed by atoms with E-state index in [1.54, 1.807) is 12.1 Å². The Labute approximate surface area is 150 Å². The first-order valence-electron chi connectivity index (χ1n) is 8.50. The first-order valence-corrected chi connectivity index (χ1v) is 8.50. The number of carbonyl (C=O) groups is 1. The predicted molar refractivity (Wildman–Crippen MR) is 98.5 cm³/mol. The smallest absolute Gasteiger partial charge is 0.261 e. The number of halogens is 1. The number of hydrogen-bond donors (Lipinski definition) is 1. The molecule has 2 aromatic carbocycles. The van der Waals surface area contributed by atoms with Gasteiger partial charge in [0.15, 0.2) is 0 Å². The second-order valence-corrected chi connectivity index (χ2v) is 6.19. The quantitative estimate of drug-likeness (QED) is 0.741. The molecule has 26 heavy (non-hydrogen) atoms. The number of aromatic nitrogens is 2. The van der Waals surface area contributed by atoms with Gasteiger partial charge in [-0.1, -0.05) is 24.3 Å². The highest BCUT2D eigenvalue weighted by atomic mass is 19.1. The molecule has 5 nitrogen and oxygen atoms in total. The van der Waals surface area contributed by atoms with Crippen LogP contribution in [-0.2, 0) is 17.8 Å². The zero-order valence-electron chi connectivity index (χ0n) is 14.5. The molecule has 0 saturated heterocycles. The molecule has 1 heterocycles. The number of aryl methyl sites for hydroxylation is 2. The average Bonchev–Trinajstić information content (AvgIpc) is 2.62. The van der Waals surface area contributed by atoms with E-state index in [9.17, 15) is 14.0 Å². The molecule has 0 aliphatic rings. The number of hydrogen-bond acceptors (Lipinski definition) is 3. The second-order valence-electron chi connectivity index (χ2n) is 6.19. The SMILES string of the molecule is Cc1cccc2c(=O)n(CCC(=O)NCCc3cccc(F)c3)cnc12. The lowest BCUT2D eigenvalue weighted by Gasteiger charge is -2.08. The number of rotatable bonds is 6. The van der Waals surface area contributed by atoms with Crippen LogP contribution in [0.2, 0.25) is 0 Å². The summed E-state index contributed by atoms with van der Waals surface area (Å²) < 4.78 is 14.6. The molecule has 0 radical (unpaired) electrons. The van der Waals surface area contributed by atoms with Gasteiger partial charge < -0.3 is 5.32 Å². The van der Waals surface area contributed by atoms with Gasteiger partial charge in [0, 0.05) is 19.5 Å². The van der Waals surface area contributed by atoms with E-state index in [0.29, 0.717) is 23.9 Å². The summed E-state index contributed by atoms with van der Waals surface area (Å²) in [5, 5.41) is 3.34. The number of para-hydroxylation sites is 1. The largest absolute Gasteiger partial charge is 0.356 e. The van der Waals surface area contributed by atoms with Crippen LogP contribution < -0.4 is 10.9 Å². The summed E-state index contributed by atoms with van der Waals surface area (Å²) in [5.41, 5.74) is 2.32. The van der Waals surface area contributed by atoms with Crippen LogP contribution in [0.4, 0.5) is 4.39 Å². The van der Waals surface area contributed by atoms with Gasteiger partial charge in [0.2, 0.25) is 5.91 Å². The summed E-state index contributed by atoms with van der Waals surface area (Å²) in [5.74, 6) is -0.440. The molecule has 134 valence electrons. The van der Waals surface area contributed by atoms with Crippen molar-refractivity contribution in [2.75, 3.05) is 6.54 Å². The minimum Gasteiger partial charge on any atom is -0.356 e. The number of nitrogens with zero attached hydrogens (tertiary/aromatic N) is 2. The zero-order chi connectivity index (χ0) is 18.5. The van der Waals surface area contributed by atoms with E-state index in [2.05, 4.69) is 10.3 Å². The van der Waals surface area contributed by atoms with Gasteiger partial charge >= 0.3 is 0 Å². The molecule has 0 unspecified atom stereocenters. The normalized spacial score (nSPS) is 10.8. The van der Waals surface area contributed by atoms with Crippen LogP contribution in [0.25, 0.3) is 10.9 Å². The van der Waals surface area contributed by atoms with Crippen LogP contribution in [0.3, 0.4) is 0 Å². The number of benzene rings is 2. The molecule has 1 N–H and O–H groups in total.